The Balaban J connectivity index is 1.63. The maximum Gasteiger partial charge on any atom is 0.432 e. The molecule has 1 atom stereocenters. The van der Waals surface area contributed by atoms with E-state index in [1.807, 2.05) is 17.7 Å². The second-order valence-electron chi connectivity index (χ2n) is 7.55. The van der Waals surface area contributed by atoms with Gasteiger partial charge in [-0.15, -0.1) is 0 Å². The maximum atomic E-state index is 13.2. The zero-order chi connectivity index (χ0) is 19.9. The molecule has 1 unspecified atom stereocenters. The number of hydrogen-bond donors (Lipinski definition) is 0. The molecule has 3 amide bonds. The lowest BCUT2D eigenvalue weighted by Crippen LogP contribution is -2.62. The molecule has 2 aromatic rings. The van der Waals surface area contributed by atoms with Crippen LogP contribution in [0.5, 0.6) is 0 Å². The molecule has 3 heterocycles. The molecule has 28 heavy (non-hydrogen) atoms. The average molecular weight is 383 g/mol. The van der Waals surface area contributed by atoms with Crippen molar-refractivity contribution in [3.63, 3.8) is 0 Å². The van der Waals surface area contributed by atoms with Crippen LogP contribution in [0.15, 0.2) is 36.7 Å². The van der Waals surface area contributed by atoms with Crippen LogP contribution in [0.3, 0.4) is 0 Å². The summed E-state index contributed by atoms with van der Waals surface area (Å²) in [7, 11) is 3.37. The molecule has 0 aliphatic carbocycles. The minimum absolute atomic E-state index is 0.192. The van der Waals surface area contributed by atoms with E-state index in [0.29, 0.717) is 18.1 Å². The van der Waals surface area contributed by atoms with Gasteiger partial charge in [-0.05, 0) is 25.5 Å². The first kappa shape index (κ1) is 18.5. The van der Waals surface area contributed by atoms with Crippen LogP contribution >= 0.6 is 0 Å². The number of urea groups is 1. The van der Waals surface area contributed by atoms with Crippen molar-refractivity contribution in [2.45, 2.75) is 13.3 Å². The van der Waals surface area contributed by atoms with Crippen molar-refractivity contribution in [1.29, 1.82) is 0 Å². The molecule has 4 rings (SSSR count). The molecule has 0 spiro atoms. The van der Waals surface area contributed by atoms with Crippen LogP contribution < -0.4 is 14.8 Å². The van der Waals surface area contributed by atoms with Gasteiger partial charge in [0.2, 0.25) is 5.69 Å². The van der Waals surface area contributed by atoms with Crippen LogP contribution in [0.4, 0.5) is 16.3 Å². The third-order valence-corrected chi connectivity index (χ3v) is 5.94. The Bertz CT molecular complexity index is 895. The summed E-state index contributed by atoms with van der Waals surface area (Å²) in [6.07, 6.45) is 2.65. The summed E-state index contributed by atoms with van der Waals surface area (Å²) in [6.45, 7) is 5.70. The summed E-state index contributed by atoms with van der Waals surface area (Å²) in [4.78, 5) is 34.2. The van der Waals surface area contributed by atoms with Crippen molar-refractivity contribution in [3.8, 4) is 0 Å². The number of hydrogen-bond acceptors (Lipinski definition) is 5. The SMILES string of the molecule is CC[N+]1(C)C(=O)c2c(ncn2N2CCCN(c3ccccc3)CC2)N(C)C1=O. The molecule has 1 fully saturated rings. The van der Waals surface area contributed by atoms with Crippen molar-refractivity contribution >= 4 is 23.4 Å². The van der Waals surface area contributed by atoms with Crippen molar-refractivity contribution in [3.05, 3.63) is 42.4 Å². The zero-order valence-corrected chi connectivity index (χ0v) is 16.7. The number of amides is 3. The third kappa shape index (κ3) is 2.75. The van der Waals surface area contributed by atoms with Crippen molar-refractivity contribution in [2.75, 3.05) is 61.6 Å². The summed E-state index contributed by atoms with van der Waals surface area (Å²) in [5.74, 6) is 0.255. The lowest BCUT2D eigenvalue weighted by Gasteiger charge is -2.36. The Morgan fingerprint density at radius 1 is 1.07 bits per heavy atom. The van der Waals surface area contributed by atoms with Gasteiger partial charge in [-0.1, -0.05) is 18.2 Å². The topological polar surface area (TPSA) is 61.7 Å². The molecule has 0 N–H and O–H groups in total. The molecule has 1 aromatic heterocycles. The lowest BCUT2D eigenvalue weighted by atomic mass is 10.2. The molecular weight excluding hydrogens is 356 g/mol. The maximum absolute atomic E-state index is 13.2. The van der Waals surface area contributed by atoms with E-state index in [4.69, 9.17) is 0 Å². The minimum atomic E-state index is -0.265. The van der Waals surface area contributed by atoms with E-state index >= 15 is 0 Å². The number of nitrogens with zero attached hydrogens (tertiary/aromatic N) is 6. The highest BCUT2D eigenvalue weighted by Crippen LogP contribution is 2.30. The van der Waals surface area contributed by atoms with Gasteiger partial charge in [0, 0.05) is 32.4 Å². The van der Waals surface area contributed by atoms with Gasteiger partial charge in [-0.2, -0.15) is 4.48 Å². The van der Waals surface area contributed by atoms with Gasteiger partial charge < -0.3 is 9.91 Å². The molecule has 2 aliphatic heterocycles. The largest absolute Gasteiger partial charge is 0.432 e. The number of quaternary nitrogens is 1. The van der Waals surface area contributed by atoms with Crippen LogP contribution in [0, 0.1) is 0 Å². The molecule has 0 saturated carbocycles. The summed E-state index contributed by atoms with van der Waals surface area (Å²) < 4.78 is 1.60. The van der Waals surface area contributed by atoms with Gasteiger partial charge in [0.25, 0.3) is 0 Å². The molecular formula is C20H27N6O2+. The molecule has 0 radical (unpaired) electrons. The van der Waals surface area contributed by atoms with E-state index in [1.54, 1.807) is 20.4 Å². The van der Waals surface area contributed by atoms with Gasteiger partial charge in [0.1, 0.15) is 6.33 Å². The van der Waals surface area contributed by atoms with Gasteiger partial charge >= 0.3 is 11.9 Å². The van der Waals surface area contributed by atoms with E-state index in [-0.39, 0.29) is 16.4 Å². The summed E-state index contributed by atoms with van der Waals surface area (Å²) in [5, 5.41) is 2.16. The average Bonchev–Trinajstić information content (AvgIpc) is 3.02. The first-order valence-electron chi connectivity index (χ1n) is 9.78. The molecule has 8 nitrogen and oxygen atoms in total. The number of carbonyl (C=O) groups is 2. The van der Waals surface area contributed by atoms with Crippen LogP contribution in [0.2, 0.25) is 0 Å². The molecule has 0 bridgehead atoms. The number of para-hydroxylation sites is 1. The fourth-order valence-corrected chi connectivity index (χ4v) is 4.02. The number of aromatic nitrogens is 2. The summed E-state index contributed by atoms with van der Waals surface area (Å²) >= 11 is 0. The van der Waals surface area contributed by atoms with Crippen molar-refractivity contribution in [1.82, 2.24) is 9.66 Å². The predicted molar refractivity (Wildman–Crippen MR) is 108 cm³/mol. The fraction of sp³-hybridized carbons (Fsp3) is 0.450. The number of imidazole rings is 1. The van der Waals surface area contributed by atoms with Gasteiger partial charge in [0.05, 0.1) is 20.1 Å². The van der Waals surface area contributed by atoms with Crippen LogP contribution in [0.1, 0.15) is 23.8 Å². The Kier molecular flexibility index (Phi) is 4.58. The standard InChI is InChI=1S/C20H27N6O2/c1-4-26(3)19(27)17-18(22(2)20(26)28)21-15-25(17)24-12-8-11-23(13-14-24)16-9-6-5-7-10-16/h5-7,9-10,15H,4,8,11-14H2,1-3H3/q+1. The molecule has 8 heteroatoms. The fourth-order valence-electron chi connectivity index (χ4n) is 4.02. The summed E-state index contributed by atoms with van der Waals surface area (Å²) in [6, 6.07) is 10.2. The van der Waals surface area contributed by atoms with Gasteiger partial charge in [-0.25, -0.2) is 24.1 Å². The number of fused-ring (bicyclic) bond motifs is 1. The quantitative estimate of drug-likeness (QED) is 0.758. The van der Waals surface area contributed by atoms with E-state index in [9.17, 15) is 9.59 Å². The number of rotatable bonds is 3. The zero-order valence-electron chi connectivity index (χ0n) is 16.7. The second-order valence-corrected chi connectivity index (χ2v) is 7.55. The molecule has 1 saturated heterocycles. The number of anilines is 2. The molecule has 1 aromatic carbocycles. The van der Waals surface area contributed by atoms with E-state index in [2.05, 4.69) is 39.2 Å². The highest BCUT2D eigenvalue weighted by atomic mass is 16.2. The Labute approximate surface area is 165 Å². The Morgan fingerprint density at radius 3 is 2.54 bits per heavy atom. The van der Waals surface area contributed by atoms with Gasteiger partial charge in [0.15, 0.2) is 5.82 Å². The number of benzene rings is 1. The van der Waals surface area contributed by atoms with E-state index < -0.39 is 0 Å². The van der Waals surface area contributed by atoms with Crippen molar-refractivity contribution in [2.24, 2.45) is 0 Å². The van der Waals surface area contributed by atoms with Crippen LogP contribution in [-0.4, -0.2) is 72.9 Å². The lowest BCUT2D eigenvalue weighted by molar-refractivity contribution is -0.742. The molecule has 2 aliphatic rings. The van der Waals surface area contributed by atoms with Crippen LogP contribution in [0.25, 0.3) is 0 Å². The molecule has 148 valence electrons. The van der Waals surface area contributed by atoms with E-state index in [1.165, 1.54) is 10.6 Å². The first-order chi connectivity index (χ1) is 13.5. The minimum Gasteiger partial charge on any atom is -0.370 e. The Morgan fingerprint density at radius 2 is 1.82 bits per heavy atom. The third-order valence-electron chi connectivity index (χ3n) is 5.94. The predicted octanol–water partition coefficient (Wildman–Crippen LogP) is 1.91. The highest BCUT2D eigenvalue weighted by molar-refractivity contribution is 6.07. The van der Waals surface area contributed by atoms with Crippen molar-refractivity contribution < 1.29 is 14.1 Å². The number of imide groups is 1. The normalized spacial score (nSPS) is 23.0. The van der Waals surface area contributed by atoms with Crippen LogP contribution in [-0.2, 0) is 0 Å². The monoisotopic (exact) mass is 383 g/mol. The van der Waals surface area contributed by atoms with E-state index in [0.717, 1.165) is 32.6 Å². The second kappa shape index (κ2) is 6.94. The smallest absolute Gasteiger partial charge is 0.370 e. The first-order valence-corrected chi connectivity index (χ1v) is 9.78. The summed E-state index contributed by atoms with van der Waals surface area (Å²) in [5.41, 5.74) is 1.72. The Hall–Kier alpha value is -2.87. The van der Waals surface area contributed by atoms with Gasteiger partial charge in [-0.3, -0.25) is 0 Å². The number of carbonyl (C=O) groups excluding carboxylic acids is 2. The highest BCUT2D eigenvalue weighted by Gasteiger charge is 2.51.